The van der Waals surface area contributed by atoms with Crippen molar-refractivity contribution in [1.82, 2.24) is 37.2 Å². The van der Waals surface area contributed by atoms with Gasteiger partial charge in [-0.15, -0.1) is 0 Å². The molecule has 1 spiro atoms. The van der Waals surface area contributed by atoms with Crippen LogP contribution in [0.25, 0.3) is 146 Å². The van der Waals surface area contributed by atoms with Crippen molar-refractivity contribution < 1.29 is 33.6 Å². The standard InChI is InChI=1S/C98H69N7O7Se3/c106-68(99-38-41-102-93(109)46-10-17-50(113)18-11-46)32-35-97(36-33-69(107)100-39-42-103-94(110)47-12-19-51(114)20-13-47,37-34-70(108)101-40-43-104-95(111)48-14-21-53(22-15-48)115-52-6-2-1-3-7-52)105-96(112)49-16-23-63-64(44-49)71-54-8-4-5-9-62(54)91(63)98-66-31-30-60-59-27-26-56-55-24-25-57-58-28-29-61-65(45-67(71)98)79-84-77(61)76(58)82-73(57)72(55)81-74(56)75(59)83-78(60)80(66)90(92(79)98)89-87(83)85(81)86(82)88(84)89/h1-31,44-45,67,71,91,113-114H,32-43H2,(H,99,106)(H,100,107)(H,101,108)(H,102,109)(H,103,110)(H,104,111)(H,105,112). The molecule has 0 fully saturated rings. The third-order valence-electron chi connectivity index (χ3n) is 27.1. The van der Waals surface area contributed by atoms with E-state index in [9.17, 15) is 28.8 Å². The number of benzene rings is 15. The number of carbonyl (C=O) groups is 7. The summed E-state index contributed by atoms with van der Waals surface area (Å²) in [4.78, 5) is 99.0. The van der Waals surface area contributed by atoms with E-state index in [2.05, 4.69) is 172 Å². The zero-order chi connectivity index (χ0) is 76.9. The first kappa shape index (κ1) is 67.7. The van der Waals surface area contributed by atoms with Gasteiger partial charge in [0.25, 0.3) is 5.91 Å². The van der Waals surface area contributed by atoms with Crippen LogP contribution >= 0.6 is 0 Å². The Hall–Kier alpha value is -11.8. The minimum absolute atomic E-state index is 0.0327. The molecule has 25 rings (SSSR count). The molecule has 0 aromatic heterocycles. The molecule has 0 aliphatic heterocycles. The van der Waals surface area contributed by atoms with Crippen LogP contribution in [-0.2, 0) is 19.8 Å². The van der Waals surface area contributed by atoms with Crippen LogP contribution in [0.2, 0.25) is 0 Å². The molecular weight excluding hydrogens is 1620 g/mol. The molecule has 2 bridgehead atoms. The van der Waals surface area contributed by atoms with E-state index in [1.807, 2.05) is 72.8 Å². The van der Waals surface area contributed by atoms with Crippen molar-refractivity contribution in [1.29, 1.82) is 0 Å². The van der Waals surface area contributed by atoms with E-state index in [4.69, 9.17) is 0 Å². The fourth-order valence-electron chi connectivity index (χ4n) is 22.7. The molecule has 0 saturated heterocycles. The van der Waals surface area contributed by atoms with Gasteiger partial charge in [-0.1, -0.05) is 84.9 Å². The Morgan fingerprint density at radius 2 is 0.722 bits per heavy atom. The van der Waals surface area contributed by atoms with E-state index in [0.717, 1.165) is 18.9 Å². The molecule has 115 heavy (non-hydrogen) atoms. The number of hydrogen-bond donors (Lipinski definition) is 7. The summed E-state index contributed by atoms with van der Waals surface area (Å²) in [6, 6.07) is 67.2. The summed E-state index contributed by atoms with van der Waals surface area (Å²) in [5.41, 5.74) is 7.73. The molecule has 5 aliphatic carbocycles. The third-order valence-corrected chi connectivity index (χ3v) is 30.5. The quantitative estimate of drug-likeness (QED) is 0.0167. The molecule has 5 aliphatic rings. The Labute approximate surface area is 679 Å². The SMILES string of the molecule is O=C(CCC(CCC(=O)NCCNC(=O)c1ccc([SeH])cc1)(CCC(=O)NCCNC(=O)c1ccc([Se]c2ccccc2)cc1)NC(=O)c1ccc2c(c1)C1c3ccccc3C2C23c4ccc5c6ccc7c8ccc9c%10ccc%11c(c%12c2c2c4c5c4c6c7c5c8c9c6c%10c%11c%12c7c2c4c5c67)=CC13)NCCNC(=O)c1ccc([SeH])cc1. The Balaban J connectivity index is 0.591. The fourth-order valence-corrected chi connectivity index (χ4v) is 25.1. The second kappa shape index (κ2) is 24.6. The van der Waals surface area contributed by atoms with Crippen LogP contribution in [0.15, 0.2) is 194 Å². The summed E-state index contributed by atoms with van der Waals surface area (Å²) < 4.78 is 4.29. The van der Waals surface area contributed by atoms with Gasteiger partial charge in [0.05, 0.1) is 0 Å². The molecule has 0 radical (unpaired) electrons. The van der Waals surface area contributed by atoms with Gasteiger partial charge >= 0.3 is 359 Å². The normalized spacial score (nSPS) is 16.8. The molecule has 556 valence electrons. The molecular formula is C98H69N7O7Se3. The molecule has 4 atom stereocenters. The average Bonchev–Trinajstić information content (AvgIpc) is 1.43. The predicted molar refractivity (Wildman–Crippen MR) is 465 cm³/mol. The van der Waals surface area contributed by atoms with Gasteiger partial charge in [0.15, 0.2) is 0 Å². The summed E-state index contributed by atoms with van der Waals surface area (Å²) in [7, 11) is 0. The third kappa shape index (κ3) is 9.19. The van der Waals surface area contributed by atoms with Crippen LogP contribution < -0.4 is 60.3 Å². The van der Waals surface area contributed by atoms with E-state index >= 15 is 4.79 Å². The molecule has 4 unspecified atom stereocenters. The molecule has 17 heteroatoms. The van der Waals surface area contributed by atoms with Gasteiger partial charge in [0, 0.05) is 34.3 Å². The van der Waals surface area contributed by atoms with E-state index in [1.165, 1.54) is 178 Å². The topological polar surface area (TPSA) is 204 Å². The second-order valence-corrected chi connectivity index (χ2v) is 37.2. The summed E-state index contributed by atoms with van der Waals surface area (Å²) in [6.45, 7) is 0.803. The van der Waals surface area contributed by atoms with Gasteiger partial charge in [-0.3, -0.25) is 4.79 Å². The Morgan fingerprint density at radius 1 is 0.339 bits per heavy atom. The first-order valence-corrected chi connectivity index (χ1v) is 43.4. The summed E-state index contributed by atoms with van der Waals surface area (Å²) >= 11 is 4.98. The Bertz CT molecular complexity index is 7480. The van der Waals surface area contributed by atoms with Crippen molar-refractivity contribution in [2.75, 3.05) is 39.3 Å². The molecule has 0 saturated carbocycles. The Morgan fingerprint density at radius 3 is 1.23 bits per heavy atom. The van der Waals surface area contributed by atoms with Gasteiger partial charge in [0.1, 0.15) is 0 Å². The second-order valence-electron chi connectivity index (χ2n) is 32.6. The van der Waals surface area contributed by atoms with E-state index in [1.54, 1.807) is 24.3 Å². The van der Waals surface area contributed by atoms with Crippen LogP contribution in [0.4, 0.5) is 0 Å². The molecule has 7 N–H and O–H groups in total. The fraction of sp³-hybridized carbons (Fsp3) is 0.173. The minimum atomic E-state index is -1.34. The molecule has 20 aromatic carbocycles. The first-order valence-electron chi connectivity index (χ1n) is 39.8. The molecule has 14 nitrogen and oxygen atoms in total. The van der Waals surface area contributed by atoms with Crippen LogP contribution in [0, 0.1) is 5.92 Å². The van der Waals surface area contributed by atoms with E-state index in [0.29, 0.717) is 22.3 Å². The van der Waals surface area contributed by atoms with Crippen LogP contribution in [-0.4, -0.2) is 133 Å². The maximum absolute atomic E-state index is 16.2. The number of carbonyl (C=O) groups excluding carboxylic acids is 7. The summed E-state index contributed by atoms with van der Waals surface area (Å²) in [6.07, 6.45) is 2.48. The van der Waals surface area contributed by atoms with E-state index in [-0.39, 0.29) is 146 Å². The number of hydrogen-bond acceptors (Lipinski definition) is 7. The molecule has 20 aromatic rings. The van der Waals surface area contributed by atoms with Gasteiger partial charge in [-0.25, -0.2) is 0 Å². The van der Waals surface area contributed by atoms with Crippen molar-refractivity contribution >= 4 is 252 Å². The van der Waals surface area contributed by atoms with Crippen LogP contribution in [0.3, 0.4) is 0 Å². The Kier molecular flexibility index (Phi) is 14.5. The predicted octanol–water partition coefficient (Wildman–Crippen LogP) is 11.2. The van der Waals surface area contributed by atoms with Crippen molar-refractivity contribution in [3.05, 3.63) is 255 Å². The number of fused-ring (bicyclic) bond motifs is 4. The molecule has 7 amide bonds. The van der Waals surface area contributed by atoms with E-state index < -0.39 is 16.9 Å². The monoisotopic (exact) mass is 1700 g/mol. The van der Waals surface area contributed by atoms with Gasteiger partial charge in [0.2, 0.25) is 0 Å². The maximum atomic E-state index is 16.2. The summed E-state index contributed by atoms with van der Waals surface area (Å²) in [5.74, 6) is -2.73. The van der Waals surface area contributed by atoms with Crippen LogP contribution in [0.1, 0.15) is 125 Å². The van der Waals surface area contributed by atoms with Gasteiger partial charge < -0.3 is 5.32 Å². The number of nitrogens with one attached hydrogen (secondary N) is 7. The van der Waals surface area contributed by atoms with Crippen molar-refractivity contribution in [2.24, 2.45) is 5.92 Å². The number of amides is 7. The van der Waals surface area contributed by atoms with Gasteiger partial charge in [-0.2, -0.15) is 0 Å². The summed E-state index contributed by atoms with van der Waals surface area (Å²) in [5, 5.41) is 59.0. The van der Waals surface area contributed by atoms with Crippen molar-refractivity contribution in [3.8, 4) is 0 Å². The molecule has 0 heterocycles. The van der Waals surface area contributed by atoms with Crippen molar-refractivity contribution in [3.63, 3.8) is 0 Å². The zero-order valence-corrected chi connectivity index (χ0v) is 67.4. The first-order chi connectivity index (χ1) is 56.2. The average molecular weight is 1690 g/mol. The van der Waals surface area contributed by atoms with Crippen LogP contribution in [0.5, 0.6) is 0 Å². The zero-order valence-electron chi connectivity index (χ0n) is 61.9. The van der Waals surface area contributed by atoms with Crippen molar-refractivity contribution in [2.45, 2.75) is 61.3 Å². The van der Waals surface area contributed by atoms with Gasteiger partial charge in [-0.05, 0) is 191 Å². The number of rotatable bonds is 25.